The van der Waals surface area contributed by atoms with E-state index in [-0.39, 0.29) is 29.6 Å². The van der Waals surface area contributed by atoms with Gasteiger partial charge in [-0.3, -0.25) is 13.9 Å². The number of benzene rings is 3. The standard InChI is InChI=1S/C30H35BrClN3O5S/c1-4-5-17-33-30(37)27(18-22-9-7-6-8-10-22)34(20-23-11-13-24(31)14-12-23)29(36)21-35(41(3,38)39)25-15-16-28(40-2)26(32)19-25/h6-16,19,27H,4-5,17-18,20-21H2,1-3H3,(H,33,37)/t27-/m1/s1. The molecule has 0 fully saturated rings. The van der Waals surface area contributed by atoms with Crippen molar-refractivity contribution < 1.29 is 22.7 Å². The van der Waals surface area contributed by atoms with Crippen LogP contribution >= 0.6 is 27.5 Å². The van der Waals surface area contributed by atoms with E-state index in [0.29, 0.717) is 12.3 Å². The molecule has 2 amide bonds. The Morgan fingerprint density at radius 3 is 2.29 bits per heavy atom. The zero-order valence-electron chi connectivity index (χ0n) is 23.3. The number of unbranched alkanes of at least 4 members (excludes halogenated alkanes) is 1. The van der Waals surface area contributed by atoms with Crippen molar-refractivity contribution in [2.45, 2.75) is 38.8 Å². The molecule has 3 aromatic carbocycles. The van der Waals surface area contributed by atoms with E-state index in [4.69, 9.17) is 16.3 Å². The maximum atomic E-state index is 14.1. The van der Waals surface area contributed by atoms with E-state index in [1.54, 1.807) is 6.07 Å². The fourth-order valence-corrected chi connectivity index (χ4v) is 5.63. The summed E-state index contributed by atoms with van der Waals surface area (Å²) in [7, 11) is -2.45. The van der Waals surface area contributed by atoms with Gasteiger partial charge in [0.15, 0.2) is 0 Å². The lowest BCUT2D eigenvalue weighted by atomic mass is 10.0. The largest absolute Gasteiger partial charge is 0.495 e. The SMILES string of the molecule is CCCCNC(=O)[C@@H](Cc1ccccc1)N(Cc1ccc(Br)cc1)C(=O)CN(c1ccc(OC)c(Cl)c1)S(C)(=O)=O. The predicted molar refractivity (Wildman–Crippen MR) is 167 cm³/mol. The van der Waals surface area contributed by atoms with Crippen LogP contribution in [0.1, 0.15) is 30.9 Å². The van der Waals surface area contributed by atoms with E-state index in [1.165, 1.54) is 24.1 Å². The number of hydrogen-bond acceptors (Lipinski definition) is 5. The van der Waals surface area contributed by atoms with Gasteiger partial charge in [-0.05, 0) is 47.9 Å². The summed E-state index contributed by atoms with van der Waals surface area (Å²) in [5.74, 6) is -0.457. The number of halogens is 2. The number of rotatable bonds is 14. The van der Waals surface area contributed by atoms with Crippen molar-refractivity contribution in [2.24, 2.45) is 0 Å². The topological polar surface area (TPSA) is 96.0 Å². The van der Waals surface area contributed by atoms with Crippen LogP contribution in [0.3, 0.4) is 0 Å². The minimum absolute atomic E-state index is 0.103. The van der Waals surface area contributed by atoms with E-state index < -0.39 is 28.5 Å². The zero-order valence-corrected chi connectivity index (χ0v) is 26.5. The zero-order chi connectivity index (χ0) is 30.0. The van der Waals surface area contributed by atoms with Crippen LogP contribution in [0.15, 0.2) is 77.3 Å². The van der Waals surface area contributed by atoms with Gasteiger partial charge in [0.2, 0.25) is 21.8 Å². The first-order valence-corrected chi connectivity index (χ1v) is 16.2. The van der Waals surface area contributed by atoms with Gasteiger partial charge < -0.3 is 15.0 Å². The van der Waals surface area contributed by atoms with Crippen molar-refractivity contribution in [3.05, 3.63) is 93.4 Å². The van der Waals surface area contributed by atoms with Gasteiger partial charge in [0, 0.05) is 24.0 Å². The second kappa shape index (κ2) is 15.2. The number of anilines is 1. The Morgan fingerprint density at radius 2 is 1.71 bits per heavy atom. The number of sulfonamides is 1. The van der Waals surface area contributed by atoms with Crippen LogP contribution in [-0.4, -0.2) is 57.6 Å². The maximum Gasteiger partial charge on any atom is 0.244 e. The molecule has 220 valence electrons. The number of nitrogens with zero attached hydrogens (tertiary/aromatic N) is 2. The maximum absolute atomic E-state index is 14.1. The summed E-state index contributed by atoms with van der Waals surface area (Å²) in [5.41, 5.74) is 1.88. The summed E-state index contributed by atoms with van der Waals surface area (Å²) < 4.78 is 32.9. The molecule has 8 nitrogen and oxygen atoms in total. The summed E-state index contributed by atoms with van der Waals surface area (Å²) in [4.78, 5) is 29.2. The monoisotopic (exact) mass is 663 g/mol. The average Bonchev–Trinajstić information content (AvgIpc) is 2.94. The molecule has 3 aromatic rings. The fraction of sp³-hybridized carbons (Fsp3) is 0.333. The Morgan fingerprint density at radius 1 is 1.02 bits per heavy atom. The van der Waals surface area contributed by atoms with E-state index in [0.717, 1.165) is 39.0 Å². The quantitative estimate of drug-likeness (QED) is 0.232. The van der Waals surface area contributed by atoms with Crippen LogP contribution in [0.25, 0.3) is 0 Å². The van der Waals surface area contributed by atoms with Crippen LogP contribution in [0.4, 0.5) is 5.69 Å². The van der Waals surface area contributed by atoms with Gasteiger partial charge in [-0.1, -0.05) is 83.3 Å². The summed E-state index contributed by atoms with van der Waals surface area (Å²) >= 11 is 9.72. The second-order valence-electron chi connectivity index (χ2n) is 9.59. The number of carbonyl (C=O) groups excluding carboxylic acids is 2. The molecule has 0 aliphatic carbocycles. The minimum atomic E-state index is -3.90. The Bertz CT molecular complexity index is 1420. The molecule has 1 atom stereocenters. The molecule has 0 unspecified atom stereocenters. The van der Waals surface area contributed by atoms with Crippen molar-refractivity contribution >= 4 is 55.1 Å². The molecule has 0 bridgehead atoms. The van der Waals surface area contributed by atoms with Gasteiger partial charge in [-0.25, -0.2) is 8.42 Å². The molecular formula is C30H35BrClN3O5S. The van der Waals surface area contributed by atoms with Crippen molar-refractivity contribution in [2.75, 3.05) is 30.8 Å². The summed E-state index contributed by atoms with van der Waals surface area (Å²) in [6.45, 7) is 2.08. The van der Waals surface area contributed by atoms with Gasteiger partial charge in [0.05, 0.1) is 24.1 Å². The molecule has 0 saturated heterocycles. The van der Waals surface area contributed by atoms with E-state index in [2.05, 4.69) is 21.2 Å². The molecule has 0 heterocycles. The van der Waals surface area contributed by atoms with E-state index >= 15 is 0 Å². The predicted octanol–water partition coefficient (Wildman–Crippen LogP) is 5.43. The number of methoxy groups -OCH3 is 1. The number of hydrogen-bond donors (Lipinski definition) is 1. The minimum Gasteiger partial charge on any atom is -0.495 e. The lowest BCUT2D eigenvalue weighted by Crippen LogP contribution is -2.53. The molecule has 0 spiro atoms. The highest BCUT2D eigenvalue weighted by Gasteiger charge is 2.33. The summed E-state index contributed by atoms with van der Waals surface area (Å²) in [5, 5.41) is 3.17. The number of nitrogens with one attached hydrogen (secondary N) is 1. The number of amides is 2. The van der Waals surface area contributed by atoms with E-state index in [9.17, 15) is 18.0 Å². The van der Waals surface area contributed by atoms with Gasteiger partial charge in [0.25, 0.3) is 0 Å². The lowest BCUT2D eigenvalue weighted by molar-refractivity contribution is -0.140. The van der Waals surface area contributed by atoms with Crippen molar-refractivity contribution in [3.63, 3.8) is 0 Å². The van der Waals surface area contributed by atoms with Crippen LogP contribution < -0.4 is 14.4 Å². The third kappa shape index (κ3) is 9.48. The first-order valence-electron chi connectivity index (χ1n) is 13.2. The molecule has 0 radical (unpaired) electrons. The van der Waals surface area contributed by atoms with E-state index in [1.807, 2.05) is 61.5 Å². The molecule has 0 aromatic heterocycles. The average molecular weight is 665 g/mol. The first kappa shape index (κ1) is 32.4. The van der Waals surface area contributed by atoms with Gasteiger partial charge in [-0.2, -0.15) is 0 Å². The number of carbonyl (C=O) groups is 2. The number of ether oxygens (including phenoxy) is 1. The Kier molecular flexibility index (Phi) is 12.1. The van der Waals surface area contributed by atoms with Crippen LogP contribution in [0, 0.1) is 0 Å². The van der Waals surface area contributed by atoms with Crippen LogP contribution in [0.2, 0.25) is 5.02 Å². The summed E-state index contributed by atoms with van der Waals surface area (Å²) in [6.07, 6.45) is 2.98. The Hall–Kier alpha value is -3.08. The normalized spacial score (nSPS) is 11.9. The molecule has 11 heteroatoms. The second-order valence-corrected chi connectivity index (χ2v) is 12.8. The molecular weight excluding hydrogens is 630 g/mol. The first-order chi connectivity index (χ1) is 19.5. The third-order valence-corrected chi connectivity index (χ3v) is 8.43. The molecule has 0 saturated carbocycles. The Balaban J connectivity index is 2.04. The van der Waals surface area contributed by atoms with Crippen molar-refractivity contribution in [3.8, 4) is 5.75 Å². The fourth-order valence-electron chi connectivity index (χ4n) is 4.27. The highest BCUT2D eigenvalue weighted by atomic mass is 79.9. The highest BCUT2D eigenvalue weighted by molar-refractivity contribution is 9.10. The van der Waals surface area contributed by atoms with Crippen molar-refractivity contribution in [1.29, 1.82) is 0 Å². The molecule has 3 rings (SSSR count). The van der Waals surface area contributed by atoms with Crippen LogP contribution in [-0.2, 0) is 32.6 Å². The highest BCUT2D eigenvalue weighted by Crippen LogP contribution is 2.30. The van der Waals surface area contributed by atoms with Crippen LogP contribution in [0.5, 0.6) is 5.75 Å². The van der Waals surface area contributed by atoms with Gasteiger partial charge in [-0.15, -0.1) is 0 Å². The van der Waals surface area contributed by atoms with Crippen molar-refractivity contribution in [1.82, 2.24) is 10.2 Å². The molecule has 1 N–H and O–H groups in total. The lowest BCUT2D eigenvalue weighted by Gasteiger charge is -2.33. The smallest absolute Gasteiger partial charge is 0.244 e. The summed E-state index contributed by atoms with van der Waals surface area (Å²) in [6, 6.07) is 20.5. The van der Waals surface area contributed by atoms with Gasteiger partial charge in [0.1, 0.15) is 18.3 Å². The molecule has 0 aliphatic heterocycles. The Labute approximate surface area is 255 Å². The molecule has 41 heavy (non-hydrogen) atoms. The third-order valence-electron chi connectivity index (χ3n) is 6.47. The molecule has 0 aliphatic rings. The van der Waals surface area contributed by atoms with Gasteiger partial charge >= 0.3 is 0 Å².